The number of rotatable bonds is 16. The number of hydrogen-bond acceptors (Lipinski definition) is 12. The standard InChI is InChI=1S/2C28H37FN4O3S/c2*1-3-5-20-18-30-28(31-19-20)32-10-6-22(7-11-32)26-17-24-15-23(16-25(29)27(24)36-26)21-8-12-33(13-9-21)37(34,35)14-4-2/h2*8,15-16,18-19,22,26H,3-7,9-14,17H2,1-2H3/t2*26-/m10/s1. The molecule has 2 aromatic carbocycles. The van der Waals surface area contributed by atoms with Crippen LogP contribution in [0.5, 0.6) is 11.5 Å². The fraction of sp³-hybridized carbons (Fsp3) is 0.571. The second-order valence-corrected chi connectivity index (χ2v) is 25.0. The molecule has 0 bridgehead atoms. The topological polar surface area (TPSA) is 151 Å². The second-order valence-electron chi connectivity index (χ2n) is 20.9. The minimum absolute atomic E-state index is 0.0234. The smallest absolute Gasteiger partial charge is 0.225 e. The van der Waals surface area contributed by atoms with Crippen LogP contribution in [-0.2, 0) is 45.7 Å². The average molecular weight is 1060 g/mol. The maximum Gasteiger partial charge on any atom is 0.225 e. The first-order chi connectivity index (χ1) is 35.7. The molecule has 2 saturated heterocycles. The van der Waals surface area contributed by atoms with Crippen molar-refractivity contribution in [3.8, 4) is 11.5 Å². The lowest BCUT2D eigenvalue weighted by Crippen LogP contribution is -2.40. The highest BCUT2D eigenvalue weighted by Crippen LogP contribution is 2.42. The number of fused-ring (bicyclic) bond motifs is 2. The zero-order valence-electron chi connectivity index (χ0n) is 43.7. The molecule has 2 aromatic heterocycles. The van der Waals surface area contributed by atoms with Crippen LogP contribution in [0.1, 0.15) is 125 Å². The van der Waals surface area contributed by atoms with Crippen molar-refractivity contribution in [1.82, 2.24) is 28.5 Å². The highest BCUT2D eigenvalue weighted by Gasteiger charge is 2.38. The Balaban J connectivity index is 0.000000182. The Morgan fingerprint density at radius 3 is 1.24 bits per heavy atom. The third-order valence-corrected chi connectivity index (χ3v) is 19.7. The van der Waals surface area contributed by atoms with Gasteiger partial charge in [-0.15, -0.1) is 0 Å². The summed E-state index contributed by atoms with van der Waals surface area (Å²) >= 11 is 0. The molecule has 10 rings (SSSR count). The molecule has 400 valence electrons. The van der Waals surface area contributed by atoms with E-state index in [0.717, 1.165) is 123 Å². The van der Waals surface area contributed by atoms with Gasteiger partial charge >= 0.3 is 0 Å². The molecular weight excluding hydrogens is 983 g/mol. The first-order valence-electron chi connectivity index (χ1n) is 27.2. The molecule has 8 heterocycles. The van der Waals surface area contributed by atoms with Gasteiger partial charge in [0, 0.05) is 101 Å². The number of sulfonamides is 2. The van der Waals surface area contributed by atoms with E-state index >= 15 is 8.78 Å². The van der Waals surface area contributed by atoms with Gasteiger partial charge in [0.25, 0.3) is 0 Å². The first-order valence-corrected chi connectivity index (χ1v) is 30.4. The van der Waals surface area contributed by atoms with E-state index in [1.165, 1.54) is 19.7 Å². The highest BCUT2D eigenvalue weighted by atomic mass is 32.2. The molecule has 6 aliphatic heterocycles. The van der Waals surface area contributed by atoms with Crippen LogP contribution in [0.2, 0.25) is 0 Å². The van der Waals surface area contributed by atoms with Crippen molar-refractivity contribution in [2.75, 3.05) is 73.7 Å². The molecule has 0 saturated carbocycles. The van der Waals surface area contributed by atoms with E-state index in [2.05, 4.69) is 43.6 Å². The molecule has 2 fully saturated rings. The molecule has 0 spiro atoms. The average Bonchev–Trinajstić information content (AvgIpc) is 4.06. The van der Waals surface area contributed by atoms with Gasteiger partial charge in [0.05, 0.1) is 11.5 Å². The number of anilines is 2. The summed E-state index contributed by atoms with van der Waals surface area (Å²) in [5.41, 5.74) is 7.86. The quantitative estimate of drug-likeness (QED) is 0.105. The zero-order chi connectivity index (χ0) is 52.0. The first kappa shape index (κ1) is 53.8. The van der Waals surface area contributed by atoms with Gasteiger partial charge in [0.15, 0.2) is 23.1 Å². The van der Waals surface area contributed by atoms with Crippen molar-refractivity contribution >= 4 is 43.1 Å². The molecule has 0 unspecified atom stereocenters. The number of aromatic nitrogens is 4. The van der Waals surface area contributed by atoms with E-state index in [-0.39, 0.29) is 35.3 Å². The number of piperidine rings is 2. The Hall–Kier alpha value is -5.04. The monoisotopic (exact) mass is 1060 g/mol. The Kier molecular flexibility index (Phi) is 17.4. The van der Waals surface area contributed by atoms with Gasteiger partial charge in [-0.25, -0.2) is 45.6 Å². The normalized spacial score (nSPS) is 21.0. The van der Waals surface area contributed by atoms with Gasteiger partial charge in [-0.05, 0) is 134 Å². The number of benzene rings is 2. The summed E-state index contributed by atoms with van der Waals surface area (Å²) in [4.78, 5) is 22.7. The molecule has 2 atom stereocenters. The van der Waals surface area contributed by atoms with Crippen LogP contribution in [0.25, 0.3) is 11.1 Å². The fourth-order valence-electron chi connectivity index (χ4n) is 11.5. The van der Waals surface area contributed by atoms with Crippen LogP contribution in [-0.4, -0.2) is 121 Å². The lowest BCUT2D eigenvalue weighted by molar-refractivity contribution is 0.134. The van der Waals surface area contributed by atoms with E-state index in [4.69, 9.17) is 9.47 Å². The van der Waals surface area contributed by atoms with E-state index < -0.39 is 20.0 Å². The fourth-order valence-corrected chi connectivity index (χ4v) is 14.4. The van der Waals surface area contributed by atoms with Gasteiger partial charge in [-0.3, -0.25) is 0 Å². The summed E-state index contributed by atoms with van der Waals surface area (Å²) < 4.78 is 95.1. The molecule has 74 heavy (non-hydrogen) atoms. The predicted octanol–water partition coefficient (Wildman–Crippen LogP) is 9.23. The minimum atomic E-state index is -3.22. The van der Waals surface area contributed by atoms with Crippen molar-refractivity contribution in [2.24, 2.45) is 11.8 Å². The summed E-state index contributed by atoms with van der Waals surface area (Å²) in [7, 11) is -6.44. The number of nitrogens with zero attached hydrogens (tertiary/aromatic N) is 8. The van der Waals surface area contributed by atoms with Crippen molar-refractivity contribution in [1.29, 1.82) is 0 Å². The van der Waals surface area contributed by atoms with Crippen molar-refractivity contribution < 1.29 is 35.1 Å². The second kappa shape index (κ2) is 23.9. The maximum absolute atomic E-state index is 15.1. The number of hydrogen-bond donors (Lipinski definition) is 0. The molecule has 18 heteroatoms. The van der Waals surface area contributed by atoms with Gasteiger partial charge in [0.1, 0.15) is 12.2 Å². The Labute approximate surface area is 437 Å². The van der Waals surface area contributed by atoms with Crippen LogP contribution in [0.4, 0.5) is 20.7 Å². The SMILES string of the molecule is CCCc1cnc(N2CCC([C@@H]3Cc4cc(C5=CCN(S(=O)(=O)CCC)CC5)cc(F)c4O3)CC2)nc1.CCCc1cnc(N2CCC([C@H]3Cc4cc(C5=CCN(S(=O)(=O)CCC)CC5)cc(F)c4O3)CC2)nc1. The molecule has 14 nitrogen and oxygen atoms in total. The summed E-state index contributed by atoms with van der Waals surface area (Å²) in [6.45, 7) is 13.1. The Bertz CT molecular complexity index is 2680. The number of aryl methyl sites for hydroxylation is 2. The minimum Gasteiger partial charge on any atom is -0.486 e. The van der Waals surface area contributed by atoms with E-state index in [1.807, 2.05) is 62.9 Å². The van der Waals surface area contributed by atoms with Crippen LogP contribution in [0.15, 0.2) is 61.2 Å². The number of ether oxygens (including phenoxy) is 2. The lowest BCUT2D eigenvalue weighted by Gasteiger charge is -2.34. The third-order valence-electron chi connectivity index (χ3n) is 15.6. The largest absolute Gasteiger partial charge is 0.486 e. The van der Waals surface area contributed by atoms with Gasteiger partial charge in [-0.1, -0.05) is 52.7 Å². The summed E-state index contributed by atoms with van der Waals surface area (Å²) in [5, 5.41) is 0. The van der Waals surface area contributed by atoms with Crippen molar-refractivity contribution in [3.63, 3.8) is 0 Å². The van der Waals surface area contributed by atoms with Crippen LogP contribution in [0.3, 0.4) is 0 Å². The lowest BCUT2D eigenvalue weighted by atomic mass is 9.88. The summed E-state index contributed by atoms with van der Waals surface area (Å²) in [6, 6.07) is 7.18. The van der Waals surface area contributed by atoms with Gasteiger partial charge in [-0.2, -0.15) is 8.61 Å². The Morgan fingerprint density at radius 2 is 0.919 bits per heavy atom. The summed E-state index contributed by atoms with van der Waals surface area (Å²) in [5.74, 6) is 2.74. The zero-order valence-corrected chi connectivity index (χ0v) is 45.3. The highest BCUT2D eigenvalue weighted by molar-refractivity contribution is 7.89. The van der Waals surface area contributed by atoms with Crippen LogP contribution in [0, 0.1) is 23.5 Å². The molecule has 0 N–H and O–H groups in total. The summed E-state index contributed by atoms with van der Waals surface area (Å²) in [6.07, 6.45) is 23.3. The van der Waals surface area contributed by atoms with Gasteiger partial charge < -0.3 is 19.3 Å². The third kappa shape index (κ3) is 12.5. The molecule has 0 amide bonds. The molecule has 0 aliphatic carbocycles. The number of halogens is 2. The van der Waals surface area contributed by atoms with E-state index in [9.17, 15) is 16.8 Å². The van der Waals surface area contributed by atoms with Gasteiger partial charge in [0.2, 0.25) is 31.9 Å². The maximum atomic E-state index is 15.1. The molecule has 4 aromatic rings. The molecule has 0 radical (unpaired) electrons. The van der Waals surface area contributed by atoms with Crippen molar-refractivity contribution in [2.45, 2.75) is 130 Å². The molecule has 6 aliphatic rings. The van der Waals surface area contributed by atoms with Crippen LogP contribution >= 0.6 is 0 Å². The predicted molar refractivity (Wildman–Crippen MR) is 287 cm³/mol. The van der Waals surface area contributed by atoms with Crippen LogP contribution < -0.4 is 19.3 Å². The molecular formula is C56H74F2N8O6S2. The van der Waals surface area contributed by atoms with E-state index in [1.54, 1.807) is 12.1 Å². The van der Waals surface area contributed by atoms with Crippen molar-refractivity contribution in [3.05, 3.63) is 106 Å². The van der Waals surface area contributed by atoms with E-state index in [0.29, 0.717) is 88.0 Å². The Morgan fingerprint density at radius 1 is 0.541 bits per heavy atom.